The highest BCUT2D eigenvalue weighted by molar-refractivity contribution is 5.33. The average molecular weight is 255 g/mol. The normalized spacial score (nSPS) is 10.1. The maximum Gasteiger partial charge on any atom is 0.148 e. The Morgan fingerprint density at radius 2 is 2.16 bits per heavy atom. The van der Waals surface area contributed by atoms with Gasteiger partial charge < -0.3 is 10.1 Å². The van der Waals surface area contributed by atoms with E-state index in [9.17, 15) is 0 Å². The summed E-state index contributed by atoms with van der Waals surface area (Å²) >= 11 is 0. The minimum Gasteiger partial charge on any atom is -0.481 e. The Hall–Kier alpha value is -2.25. The van der Waals surface area contributed by atoms with Crippen LogP contribution in [-0.2, 0) is 20.1 Å². The molecule has 0 aliphatic carbocycles. The van der Waals surface area contributed by atoms with Gasteiger partial charge in [0.15, 0.2) is 0 Å². The first kappa shape index (κ1) is 13.2. The number of hydrogen-bond acceptors (Lipinski definition) is 3. The number of hydrogen-bond donors (Lipinski definition) is 1. The first-order valence-electron chi connectivity index (χ1n) is 6.13. The van der Waals surface area contributed by atoms with Crippen molar-refractivity contribution >= 4 is 0 Å². The van der Waals surface area contributed by atoms with E-state index >= 15 is 0 Å². The molecule has 0 amide bonds. The van der Waals surface area contributed by atoms with Gasteiger partial charge in [-0.05, 0) is 12.1 Å². The highest BCUT2D eigenvalue weighted by Gasteiger charge is 2.02. The minimum atomic E-state index is 0.289. The van der Waals surface area contributed by atoms with E-state index in [4.69, 9.17) is 11.2 Å². The summed E-state index contributed by atoms with van der Waals surface area (Å²) in [5.74, 6) is 3.30. The van der Waals surface area contributed by atoms with Crippen molar-refractivity contribution in [2.45, 2.75) is 13.1 Å². The topological polar surface area (TPSA) is 39.1 Å². The van der Waals surface area contributed by atoms with Crippen LogP contribution in [0.4, 0.5) is 0 Å². The van der Waals surface area contributed by atoms with E-state index in [1.54, 1.807) is 4.68 Å². The third-order valence-corrected chi connectivity index (χ3v) is 2.67. The van der Waals surface area contributed by atoms with Crippen LogP contribution in [-0.4, -0.2) is 16.4 Å². The van der Waals surface area contributed by atoms with Gasteiger partial charge in [-0.1, -0.05) is 24.1 Å². The van der Waals surface area contributed by atoms with Gasteiger partial charge in [0.25, 0.3) is 0 Å². The molecule has 4 heteroatoms. The molecule has 1 aromatic heterocycles. The predicted molar refractivity (Wildman–Crippen MR) is 74.5 cm³/mol. The van der Waals surface area contributed by atoms with Crippen molar-refractivity contribution < 1.29 is 4.74 Å². The second kappa shape index (κ2) is 6.62. The molecular weight excluding hydrogens is 238 g/mol. The zero-order chi connectivity index (χ0) is 13.5. The number of para-hydroxylation sites is 1. The molecule has 2 rings (SSSR count). The summed E-state index contributed by atoms with van der Waals surface area (Å²) in [6.45, 7) is 1.74. The summed E-state index contributed by atoms with van der Waals surface area (Å²) in [4.78, 5) is 0. The molecule has 4 nitrogen and oxygen atoms in total. The molecule has 0 atom stereocenters. The van der Waals surface area contributed by atoms with Gasteiger partial charge in [-0.3, -0.25) is 4.68 Å². The molecule has 0 spiro atoms. The van der Waals surface area contributed by atoms with Crippen molar-refractivity contribution in [1.29, 1.82) is 0 Å². The van der Waals surface area contributed by atoms with Crippen LogP contribution in [0.5, 0.6) is 5.75 Å². The zero-order valence-electron chi connectivity index (χ0n) is 11.0. The van der Waals surface area contributed by atoms with Crippen LogP contribution in [0, 0.1) is 12.3 Å². The highest BCUT2D eigenvalue weighted by Crippen LogP contribution is 2.17. The van der Waals surface area contributed by atoms with Crippen LogP contribution >= 0.6 is 0 Å². The van der Waals surface area contributed by atoms with Crippen molar-refractivity contribution in [3.05, 3.63) is 47.8 Å². The van der Waals surface area contributed by atoms with Crippen LogP contribution in [0.25, 0.3) is 0 Å². The van der Waals surface area contributed by atoms with Gasteiger partial charge in [0.1, 0.15) is 12.4 Å². The second-order valence-electron chi connectivity index (χ2n) is 4.18. The molecule has 1 N–H and O–H groups in total. The van der Waals surface area contributed by atoms with Crippen LogP contribution in [0.3, 0.4) is 0 Å². The molecular formula is C15H17N3O. The molecule has 1 aromatic carbocycles. The van der Waals surface area contributed by atoms with E-state index in [1.165, 1.54) is 0 Å². The summed E-state index contributed by atoms with van der Waals surface area (Å²) in [5.41, 5.74) is 2.11. The Labute approximate surface area is 113 Å². The van der Waals surface area contributed by atoms with Crippen molar-refractivity contribution in [2.24, 2.45) is 7.05 Å². The Bertz CT molecular complexity index is 569. The molecule has 0 bridgehead atoms. The molecule has 0 radical (unpaired) electrons. The molecule has 19 heavy (non-hydrogen) atoms. The van der Waals surface area contributed by atoms with Gasteiger partial charge in [-0.15, -0.1) is 6.42 Å². The lowest BCUT2D eigenvalue weighted by Crippen LogP contribution is -2.14. The van der Waals surface area contributed by atoms with Gasteiger partial charge in [0.2, 0.25) is 0 Å². The molecule has 0 unspecified atom stereocenters. The molecule has 1 heterocycles. The third-order valence-electron chi connectivity index (χ3n) is 2.67. The van der Waals surface area contributed by atoms with E-state index < -0.39 is 0 Å². The molecule has 98 valence electrons. The van der Waals surface area contributed by atoms with Crippen molar-refractivity contribution in [3.63, 3.8) is 0 Å². The molecule has 0 aliphatic rings. The van der Waals surface area contributed by atoms with Crippen LogP contribution in [0.1, 0.15) is 11.3 Å². The second-order valence-corrected chi connectivity index (χ2v) is 4.18. The number of benzene rings is 1. The van der Waals surface area contributed by atoms with Crippen LogP contribution in [0.2, 0.25) is 0 Å². The molecule has 0 aliphatic heterocycles. The van der Waals surface area contributed by atoms with Gasteiger partial charge in [0, 0.05) is 31.9 Å². The van der Waals surface area contributed by atoms with E-state index in [0.717, 1.165) is 30.1 Å². The first-order chi connectivity index (χ1) is 9.29. The number of nitrogens with one attached hydrogen (secondary N) is 1. The van der Waals surface area contributed by atoms with Gasteiger partial charge in [-0.25, -0.2) is 0 Å². The monoisotopic (exact) mass is 255 g/mol. The fourth-order valence-corrected chi connectivity index (χ4v) is 1.79. The standard InChI is InChI=1S/C15H17N3O/c1-3-10-19-15-7-5-4-6-13(15)11-16-12-14-8-9-18(2)17-14/h1,4-9,16H,10-12H2,2H3. The molecule has 2 aromatic rings. The third kappa shape index (κ3) is 3.87. The quantitative estimate of drug-likeness (QED) is 0.799. The summed E-state index contributed by atoms with van der Waals surface area (Å²) in [6.07, 6.45) is 7.14. The summed E-state index contributed by atoms with van der Waals surface area (Å²) in [7, 11) is 1.91. The summed E-state index contributed by atoms with van der Waals surface area (Å²) < 4.78 is 7.29. The van der Waals surface area contributed by atoms with Gasteiger partial charge in [0.05, 0.1) is 5.69 Å². The molecule has 0 saturated heterocycles. The van der Waals surface area contributed by atoms with Gasteiger partial charge in [-0.2, -0.15) is 5.10 Å². The number of aromatic nitrogens is 2. The number of nitrogens with zero attached hydrogens (tertiary/aromatic N) is 2. The number of aryl methyl sites for hydroxylation is 1. The van der Waals surface area contributed by atoms with Crippen LogP contribution < -0.4 is 10.1 Å². The Balaban J connectivity index is 1.90. The Morgan fingerprint density at radius 3 is 2.89 bits per heavy atom. The smallest absolute Gasteiger partial charge is 0.148 e. The van der Waals surface area contributed by atoms with Gasteiger partial charge >= 0.3 is 0 Å². The van der Waals surface area contributed by atoms with Crippen molar-refractivity contribution in [3.8, 4) is 18.1 Å². The van der Waals surface area contributed by atoms with E-state index in [1.807, 2.05) is 43.6 Å². The highest BCUT2D eigenvalue weighted by atomic mass is 16.5. The van der Waals surface area contributed by atoms with E-state index in [2.05, 4.69) is 16.3 Å². The van der Waals surface area contributed by atoms with E-state index in [-0.39, 0.29) is 6.61 Å². The largest absolute Gasteiger partial charge is 0.481 e. The lowest BCUT2D eigenvalue weighted by Gasteiger charge is -2.09. The maximum atomic E-state index is 5.50. The lowest BCUT2D eigenvalue weighted by atomic mass is 10.2. The maximum absolute atomic E-state index is 5.50. The molecule has 0 saturated carbocycles. The summed E-state index contributed by atoms with van der Waals surface area (Å²) in [5, 5.41) is 7.65. The molecule has 0 fully saturated rings. The summed E-state index contributed by atoms with van der Waals surface area (Å²) in [6, 6.07) is 9.87. The Morgan fingerprint density at radius 1 is 1.32 bits per heavy atom. The van der Waals surface area contributed by atoms with Crippen molar-refractivity contribution in [1.82, 2.24) is 15.1 Å². The van der Waals surface area contributed by atoms with Crippen molar-refractivity contribution in [2.75, 3.05) is 6.61 Å². The fourth-order valence-electron chi connectivity index (χ4n) is 1.79. The number of rotatable bonds is 6. The first-order valence-corrected chi connectivity index (χ1v) is 6.13. The number of ether oxygens (including phenoxy) is 1. The fraction of sp³-hybridized carbons (Fsp3) is 0.267. The Kier molecular flexibility index (Phi) is 4.60. The predicted octanol–water partition coefficient (Wildman–Crippen LogP) is 1.72. The average Bonchev–Trinajstić information content (AvgIpc) is 2.83. The lowest BCUT2D eigenvalue weighted by molar-refractivity contribution is 0.364. The SMILES string of the molecule is C#CCOc1ccccc1CNCc1ccn(C)n1. The van der Waals surface area contributed by atoms with Crippen LogP contribution in [0.15, 0.2) is 36.5 Å². The zero-order valence-corrected chi connectivity index (χ0v) is 11.0. The minimum absolute atomic E-state index is 0.289. The number of terminal acetylenes is 1. The van der Waals surface area contributed by atoms with E-state index in [0.29, 0.717) is 0 Å².